The number of allylic oxidation sites excluding steroid dienone is 2. The summed E-state index contributed by atoms with van der Waals surface area (Å²) in [5.41, 5.74) is 0. The maximum absolute atomic E-state index is 7.99. The number of rotatable bonds is 0. The van der Waals surface area contributed by atoms with Gasteiger partial charge in [-0.25, -0.2) is 0 Å². The SMILES string of the molecule is N#C/C=C(\I)C#N. The molecule has 0 rings (SSSR count). The van der Waals surface area contributed by atoms with Crippen molar-refractivity contribution in [3.05, 3.63) is 9.66 Å². The molecule has 7 heavy (non-hydrogen) atoms. The fourth-order valence-corrected chi connectivity index (χ4v) is 0.228. The smallest absolute Gasteiger partial charge is 0.107 e. The van der Waals surface area contributed by atoms with E-state index in [-0.39, 0.29) is 0 Å². The number of nitriles is 2. The van der Waals surface area contributed by atoms with E-state index in [1.54, 1.807) is 34.7 Å². The Bertz CT molecular complexity index is 158. The second-order valence-electron chi connectivity index (χ2n) is 0.733. The standard InChI is InChI=1S/C4HIN2/c5-4(3-7)1-2-6/h1H/b4-1-. The minimum absolute atomic E-state index is 0.417. The highest BCUT2D eigenvalue weighted by atomic mass is 127. The predicted molar refractivity (Wildman–Crippen MR) is 33.3 cm³/mol. The highest BCUT2D eigenvalue weighted by molar-refractivity contribution is 14.1. The third-order valence-corrected chi connectivity index (χ3v) is 0.851. The van der Waals surface area contributed by atoms with Gasteiger partial charge in [-0.05, 0) is 22.6 Å². The summed E-state index contributed by atoms with van der Waals surface area (Å²) >= 11 is 1.78. The minimum atomic E-state index is 0.417. The van der Waals surface area contributed by atoms with Crippen molar-refractivity contribution in [3.63, 3.8) is 0 Å². The Morgan fingerprint density at radius 3 is 2.29 bits per heavy atom. The molecule has 0 aliphatic heterocycles. The van der Waals surface area contributed by atoms with E-state index < -0.39 is 0 Å². The third kappa shape index (κ3) is 3.28. The molecule has 0 bridgehead atoms. The molecule has 0 aromatic heterocycles. The van der Waals surface area contributed by atoms with Gasteiger partial charge in [0.1, 0.15) is 9.65 Å². The van der Waals surface area contributed by atoms with Gasteiger partial charge in [-0.3, -0.25) is 0 Å². The molecule has 0 N–H and O–H groups in total. The molecule has 3 heteroatoms. The number of hydrogen-bond donors (Lipinski definition) is 0. The van der Waals surface area contributed by atoms with Crippen LogP contribution in [0, 0.1) is 22.7 Å². The second kappa shape index (κ2) is 3.63. The van der Waals surface area contributed by atoms with Crippen LogP contribution in [0.2, 0.25) is 0 Å². The zero-order valence-corrected chi connectivity index (χ0v) is 5.51. The van der Waals surface area contributed by atoms with Gasteiger partial charge < -0.3 is 0 Å². The van der Waals surface area contributed by atoms with Crippen LogP contribution in [0.1, 0.15) is 0 Å². The quantitative estimate of drug-likeness (QED) is 0.441. The van der Waals surface area contributed by atoms with Gasteiger partial charge in [-0.1, -0.05) is 0 Å². The maximum atomic E-state index is 7.99. The van der Waals surface area contributed by atoms with Crippen molar-refractivity contribution in [1.82, 2.24) is 0 Å². The van der Waals surface area contributed by atoms with Gasteiger partial charge in [0.25, 0.3) is 0 Å². The van der Waals surface area contributed by atoms with Crippen LogP contribution in [0.25, 0.3) is 0 Å². The van der Waals surface area contributed by atoms with Crippen LogP contribution in [-0.4, -0.2) is 0 Å². The molecule has 0 spiro atoms. The first kappa shape index (κ1) is 6.45. The molecule has 0 unspecified atom stereocenters. The molecule has 0 atom stereocenters. The predicted octanol–water partition coefficient (Wildman–Crippen LogP) is 1.35. The summed E-state index contributed by atoms with van der Waals surface area (Å²) in [6.45, 7) is 0. The topological polar surface area (TPSA) is 47.6 Å². The second-order valence-corrected chi connectivity index (χ2v) is 1.90. The van der Waals surface area contributed by atoms with Gasteiger partial charge in [0.2, 0.25) is 0 Å². The molecule has 0 aliphatic rings. The fraction of sp³-hybridized carbons (Fsp3) is 0. The normalized spacial score (nSPS) is 9.29. The zero-order chi connectivity index (χ0) is 5.70. The molecule has 0 fully saturated rings. The zero-order valence-electron chi connectivity index (χ0n) is 3.35. The van der Waals surface area contributed by atoms with Crippen LogP contribution < -0.4 is 0 Å². The van der Waals surface area contributed by atoms with Crippen molar-refractivity contribution in [2.45, 2.75) is 0 Å². The number of hydrogen-bond acceptors (Lipinski definition) is 2. The Balaban J connectivity index is 3.89. The fourth-order valence-electron chi connectivity index (χ4n) is 0.0889. The molecular weight excluding hydrogens is 203 g/mol. The lowest BCUT2D eigenvalue weighted by atomic mass is 10.6. The number of halogens is 1. The van der Waals surface area contributed by atoms with Crippen LogP contribution in [0.3, 0.4) is 0 Å². The van der Waals surface area contributed by atoms with Crippen molar-refractivity contribution >= 4 is 22.6 Å². The molecule has 0 saturated carbocycles. The lowest BCUT2D eigenvalue weighted by molar-refractivity contribution is 1.51. The van der Waals surface area contributed by atoms with Gasteiger partial charge in [-0.15, -0.1) is 0 Å². The van der Waals surface area contributed by atoms with Crippen molar-refractivity contribution < 1.29 is 0 Å². The first-order chi connectivity index (χ1) is 3.31. The molecule has 2 nitrogen and oxygen atoms in total. The van der Waals surface area contributed by atoms with Gasteiger partial charge in [-0.2, -0.15) is 10.5 Å². The molecule has 0 aromatic carbocycles. The monoisotopic (exact) mass is 204 g/mol. The Labute approximate surface area is 55.2 Å². The largest absolute Gasteiger partial charge is 0.193 e. The Hall–Kier alpha value is -0.550. The van der Waals surface area contributed by atoms with E-state index in [9.17, 15) is 0 Å². The minimum Gasteiger partial charge on any atom is -0.193 e. The van der Waals surface area contributed by atoms with Gasteiger partial charge in [0, 0.05) is 6.08 Å². The van der Waals surface area contributed by atoms with E-state index >= 15 is 0 Å². The highest BCUT2D eigenvalue weighted by Crippen LogP contribution is 2.00. The van der Waals surface area contributed by atoms with Crippen LogP contribution >= 0.6 is 22.6 Å². The summed E-state index contributed by atoms with van der Waals surface area (Å²) in [5, 5.41) is 15.9. The summed E-state index contributed by atoms with van der Waals surface area (Å²) < 4.78 is 0.417. The van der Waals surface area contributed by atoms with Crippen molar-refractivity contribution in [2.24, 2.45) is 0 Å². The average molecular weight is 204 g/mol. The highest BCUT2D eigenvalue weighted by Gasteiger charge is 1.78. The van der Waals surface area contributed by atoms with Crippen molar-refractivity contribution in [1.29, 1.82) is 10.5 Å². The maximum Gasteiger partial charge on any atom is 0.107 e. The lowest BCUT2D eigenvalue weighted by Gasteiger charge is -1.65. The molecule has 0 aromatic rings. The molecule has 0 amide bonds. The van der Waals surface area contributed by atoms with Gasteiger partial charge >= 0.3 is 0 Å². The summed E-state index contributed by atoms with van der Waals surface area (Å²) in [6, 6.07) is 3.52. The summed E-state index contributed by atoms with van der Waals surface area (Å²) in [4.78, 5) is 0. The number of nitrogens with zero attached hydrogens (tertiary/aromatic N) is 2. The van der Waals surface area contributed by atoms with Crippen molar-refractivity contribution in [2.75, 3.05) is 0 Å². The van der Waals surface area contributed by atoms with E-state index in [0.29, 0.717) is 3.58 Å². The average Bonchev–Trinajstić information content (AvgIpc) is 1.68. The van der Waals surface area contributed by atoms with Crippen LogP contribution in [0.4, 0.5) is 0 Å². The third-order valence-electron chi connectivity index (χ3n) is 0.298. The van der Waals surface area contributed by atoms with Crippen LogP contribution in [0.5, 0.6) is 0 Å². The molecule has 0 aliphatic carbocycles. The Morgan fingerprint density at radius 2 is 2.14 bits per heavy atom. The van der Waals surface area contributed by atoms with E-state index in [1.807, 2.05) is 0 Å². The summed E-state index contributed by atoms with van der Waals surface area (Å²) in [6.07, 6.45) is 1.19. The van der Waals surface area contributed by atoms with Crippen LogP contribution in [0.15, 0.2) is 9.66 Å². The molecule has 0 radical (unpaired) electrons. The summed E-state index contributed by atoms with van der Waals surface area (Å²) in [5.74, 6) is 0. The first-order valence-electron chi connectivity index (χ1n) is 1.46. The first-order valence-corrected chi connectivity index (χ1v) is 2.54. The van der Waals surface area contributed by atoms with E-state index in [4.69, 9.17) is 10.5 Å². The Kier molecular flexibility index (Phi) is 3.35. The molecule has 0 saturated heterocycles. The van der Waals surface area contributed by atoms with E-state index in [1.165, 1.54) is 6.08 Å². The lowest BCUT2D eigenvalue weighted by Crippen LogP contribution is -1.54. The van der Waals surface area contributed by atoms with E-state index in [0.717, 1.165) is 0 Å². The molecule has 0 heterocycles. The van der Waals surface area contributed by atoms with Crippen LogP contribution in [-0.2, 0) is 0 Å². The van der Waals surface area contributed by atoms with Gasteiger partial charge in [0.05, 0.1) is 6.07 Å². The van der Waals surface area contributed by atoms with E-state index in [2.05, 4.69) is 0 Å². The van der Waals surface area contributed by atoms with Crippen molar-refractivity contribution in [3.8, 4) is 12.1 Å². The summed E-state index contributed by atoms with van der Waals surface area (Å²) in [7, 11) is 0. The Morgan fingerprint density at radius 1 is 1.57 bits per heavy atom. The van der Waals surface area contributed by atoms with Gasteiger partial charge in [0.15, 0.2) is 0 Å². The molecular formula is C4HIN2. The molecule has 34 valence electrons.